The molecule has 0 heterocycles. The van der Waals surface area contributed by atoms with Crippen LogP contribution in [0.2, 0.25) is 0 Å². The van der Waals surface area contributed by atoms with E-state index in [1.165, 1.54) is 0 Å². The van der Waals surface area contributed by atoms with Crippen LogP contribution in [0.5, 0.6) is 0 Å². The van der Waals surface area contributed by atoms with Gasteiger partial charge in [0, 0.05) is 12.6 Å². The molecule has 14 heavy (non-hydrogen) atoms. The van der Waals surface area contributed by atoms with Crippen molar-refractivity contribution in [2.45, 2.75) is 50.4 Å². The molecule has 2 fully saturated rings. The fourth-order valence-corrected chi connectivity index (χ4v) is 2.83. The van der Waals surface area contributed by atoms with E-state index in [0.717, 1.165) is 38.6 Å². The van der Waals surface area contributed by atoms with Crippen LogP contribution in [0.3, 0.4) is 0 Å². The Morgan fingerprint density at radius 3 is 2.43 bits per heavy atom. The molecule has 0 amide bonds. The van der Waals surface area contributed by atoms with Crippen LogP contribution in [0.4, 0.5) is 0 Å². The van der Waals surface area contributed by atoms with Crippen LogP contribution < -0.4 is 0 Å². The molecule has 2 atom stereocenters. The van der Waals surface area contributed by atoms with Crippen molar-refractivity contribution >= 4 is 0 Å². The van der Waals surface area contributed by atoms with E-state index in [4.69, 9.17) is 0 Å². The normalized spacial score (nSPS) is 42.9. The van der Waals surface area contributed by atoms with Gasteiger partial charge in [0.05, 0.1) is 12.2 Å². The van der Waals surface area contributed by atoms with Crippen LogP contribution >= 0.6 is 0 Å². The Hall–Kier alpha value is -0.120. The van der Waals surface area contributed by atoms with Crippen molar-refractivity contribution in [3.05, 3.63) is 0 Å². The van der Waals surface area contributed by atoms with Gasteiger partial charge in [-0.3, -0.25) is 0 Å². The predicted molar refractivity (Wildman–Crippen MR) is 55.0 cm³/mol. The summed E-state index contributed by atoms with van der Waals surface area (Å²) in [6.45, 7) is 1.04. The molecule has 0 bridgehead atoms. The summed E-state index contributed by atoms with van der Waals surface area (Å²) in [5.41, 5.74) is 0. The lowest BCUT2D eigenvalue weighted by Crippen LogP contribution is -2.44. The van der Waals surface area contributed by atoms with E-state index in [9.17, 15) is 10.2 Å². The largest absolute Gasteiger partial charge is 0.393 e. The maximum Gasteiger partial charge on any atom is 0.0695 e. The fourth-order valence-electron chi connectivity index (χ4n) is 2.83. The third-order valence-corrected chi connectivity index (χ3v) is 3.77. The lowest BCUT2D eigenvalue weighted by atomic mass is 9.82. The summed E-state index contributed by atoms with van der Waals surface area (Å²) in [5.74, 6) is 0.655. The molecule has 0 aromatic rings. The van der Waals surface area contributed by atoms with E-state index in [2.05, 4.69) is 11.9 Å². The highest BCUT2D eigenvalue weighted by molar-refractivity contribution is 4.87. The minimum Gasteiger partial charge on any atom is -0.393 e. The topological polar surface area (TPSA) is 43.7 Å². The van der Waals surface area contributed by atoms with Gasteiger partial charge in [0.25, 0.3) is 0 Å². The van der Waals surface area contributed by atoms with E-state index in [0.29, 0.717) is 12.0 Å². The molecule has 0 spiro atoms. The summed E-state index contributed by atoms with van der Waals surface area (Å²) >= 11 is 0. The van der Waals surface area contributed by atoms with Crippen LogP contribution in [0.1, 0.15) is 32.1 Å². The van der Waals surface area contributed by atoms with E-state index >= 15 is 0 Å². The average molecular weight is 199 g/mol. The maximum atomic E-state index is 9.72. The summed E-state index contributed by atoms with van der Waals surface area (Å²) in [7, 11) is 2.10. The van der Waals surface area contributed by atoms with E-state index < -0.39 is 0 Å². The predicted octanol–water partition coefficient (Wildman–Crippen LogP) is 0.602. The van der Waals surface area contributed by atoms with Crippen molar-refractivity contribution in [1.29, 1.82) is 0 Å². The van der Waals surface area contributed by atoms with Gasteiger partial charge >= 0.3 is 0 Å². The second-order valence-corrected chi connectivity index (χ2v) is 5.00. The molecular weight excluding hydrogens is 178 g/mol. The Balaban J connectivity index is 1.74. The Labute approximate surface area is 85.7 Å². The number of hydrogen-bond acceptors (Lipinski definition) is 3. The summed E-state index contributed by atoms with van der Waals surface area (Å²) in [5, 5.41) is 18.9. The minimum atomic E-state index is -0.120. The second kappa shape index (κ2) is 4.17. The molecule has 0 aromatic carbocycles. The molecule has 2 rings (SSSR count). The molecule has 3 heteroatoms. The van der Waals surface area contributed by atoms with Crippen molar-refractivity contribution in [1.82, 2.24) is 4.90 Å². The van der Waals surface area contributed by atoms with Gasteiger partial charge < -0.3 is 15.1 Å². The summed E-state index contributed by atoms with van der Waals surface area (Å²) < 4.78 is 0. The molecule has 0 aliphatic heterocycles. The fraction of sp³-hybridized carbons (Fsp3) is 1.00. The van der Waals surface area contributed by atoms with Crippen LogP contribution in [0.15, 0.2) is 0 Å². The van der Waals surface area contributed by atoms with Gasteiger partial charge in [-0.1, -0.05) is 0 Å². The highest BCUT2D eigenvalue weighted by Gasteiger charge is 2.33. The lowest BCUT2D eigenvalue weighted by molar-refractivity contribution is 0.00912. The molecule has 0 radical (unpaired) electrons. The van der Waals surface area contributed by atoms with Crippen LogP contribution in [0, 0.1) is 5.92 Å². The quantitative estimate of drug-likeness (QED) is 0.699. The standard InChI is InChI=1S/C11H21NO2/c1-12(7-8-5-9(13)6-8)10-3-2-4-11(10)14/h8-11,13-14H,2-7H2,1H3/t8?,9?,10-,11-/m1/s1. The summed E-state index contributed by atoms with van der Waals surface area (Å²) in [6, 6.07) is 0.368. The molecule has 0 unspecified atom stereocenters. The average Bonchev–Trinajstić information content (AvgIpc) is 2.48. The Bertz CT molecular complexity index is 192. The van der Waals surface area contributed by atoms with Gasteiger partial charge in [-0.15, -0.1) is 0 Å². The number of rotatable bonds is 3. The zero-order chi connectivity index (χ0) is 10.1. The van der Waals surface area contributed by atoms with Crippen molar-refractivity contribution in [3.63, 3.8) is 0 Å². The van der Waals surface area contributed by atoms with E-state index in [1.54, 1.807) is 0 Å². The maximum absolute atomic E-state index is 9.72. The number of hydrogen-bond donors (Lipinski definition) is 2. The first-order chi connectivity index (χ1) is 6.66. The zero-order valence-corrected chi connectivity index (χ0v) is 8.89. The van der Waals surface area contributed by atoms with Gasteiger partial charge in [0.15, 0.2) is 0 Å². The first-order valence-corrected chi connectivity index (χ1v) is 5.73. The first-order valence-electron chi connectivity index (χ1n) is 5.73. The molecule has 2 N–H and O–H groups in total. The molecule has 82 valence electrons. The Morgan fingerprint density at radius 1 is 1.21 bits per heavy atom. The lowest BCUT2D eigenvalue weighted by Gasteiger charge is -2.37. The van der Waals surface area contributed by atoms with Crippen LogP contribution in [0.25, 0.3) is 0 Å². The number of aliphatic hydroxyl groups is 2. The second-order valence-electron chi connectivity index (χ2n) is 5.00. The molecule has 2 saturated carbocycles. The van der Waals surface area contributed by atoms with E-state index in [-0.39, 0.29) is 12.2 Å². The molecule has 0 aromatic heterocycles. The highest BCUT2D eigenvalue weighted by atomic mass is 16.3. The molecular formula is C11H21NO2. The smallest absolute Gasteiger partial charge is 0.0695 e. The van der Waals surface area contributed by atoms with Gasteiger partial charge in [0.1, 0.15) is 0 Å². The number of nitrogens with zero attached hydrogens (tertiary/aromatic N) is 1. The van der Waals surface area contributed by atoms with Gasteiger partial charge in [-0.2, -0.15) is 0 Å². The highest BCUT2D eigenvalue weighted by Crippen LogP contribution is 2.30. The van der Waals surface area contributed by atoms with Crippen LogP contribution in [-0.4, -0.2) is 47.0 Å². The Morgan fingerprint density at radius 2 is 1.93 bits per heavy atom. The monoisotopic (exact) mass is 199 g/mol. The molecule has 2 aliphatic rings. The van der Waals surface area contributed by atoms with Gasteiger partial charge in [-0.25, -0.2) is 0 Å². The number of likely N-dealkylation sites (N-methyl/N-ethyl adjacent to an activating group) is 1. The van der Waals surface area contributed by atoms with Crippen molar-refractivity contribution < 1.29 is 10.2 Å². The van der Waals surface area contributed by atoms with E-state index in [1.807, 2.05) is 0 Å². The van der Waals surface area contributed by atoms with Gasteiger partial charge in [-0.05, 0) is 45.1 Å². The summed E-state index contributed by atoms with van der Waals surface area (Å²) in [4.78, 5) is 2.29. The minimum absolute atomic E-state index is 0.0538. The molecule has 2 aliphatic carbocycles. The molecule has 3 nitrogen and oxygen atoms in total. The molecule has 0 saturated heterocycles. The summed E-state index contributed by atoms with van der Waals surface area (Å²) in [6.07, 6.45) is 4.98. The zero-order valence-electron chi connectivity index (χ0n) is 8.89. The van der Waals surface area contributed by atoms with Crippen molar-refractivity contribution in [2.75, 3.05) is 13.6 Å². The van der Waals surface area contributed by atoms with Crippen LogP contribution in [-0.2, 0) is 0 Å². The first kappa shape index (κ1) is 10.4. The third-order valence-electron chi connectivity index (χ3n) is 3.77. The van der Waals surface area contributed by atoms with Gasteiger partial charge in [0.2, 0.25) is 0 Å². The van der Waals surface area contributed by atoms with Crippen molar-refractivity contribution in [2.24, 2.45) is 5.92 Å². The van der Waals surface area contributed by atoms with Crippen molar-refractivity contribution in [3.8, 4) is 0 Å². The Kier molecular flexibility index (Phi) is 3.10. The number of aliphatic hydroxyl groups excluding tert-OH is 2. The third kappa shape index (κ3) is 2.10. The SMILES string of the molecule is CN(CC1CC(O)C1)[C@@H]1CCC[C@H]1O.